The molecule has 0 bridgehead atoms. The minimum absolute atomic E-state index is 0.0625. The fraction of sp³-hybridized carbons (Fsp3) is 0.280. The Morgan fingerprint density at radius 3 is 2.62 bits per heavy atom. The summed E-state index contributed by atoms with van der Waals surface area (Å²) in [6.07, 6.45) is 3.19. The van der Waals surface area contributed by atoms with Crippen molar-refractivity contribution in [2.24, 2.45) is 0 Å². The lowest BCUT2D eigenvalue weighted by atomic mass is 10.0. The summed E-state index contributed by atoms with van der Waals surface area (Å²) in [5, 5.41) is 3.79. The molecular weight excluding hydrogens is 420 g/mol. The van der Waals surface area contributed by atoms with Crippen molar-refractivity contribution in [1.82, 2.24) is 20.3 Å². The molecule has 4 rings (SSSR count). The van der Waals surface area contributed by atoms with Crippen LogP contribution in [-0.2, 0) is 11.2 Å². The van der Waals surface area contributed by atoms with E-state index in [0.717, 1.165) is 32.1 Å². The van der Waals surface area contributed by atoms with Crippen LogP contribution < -0.4 is 10.9 Å². The van der Waals surface area contributed by atoms with E-state index >= 15 is 0 Å². The molecule has 4 aromatic rings. The predicted octanol–water partition coefficient (Wildman–Crippen LogP) is 4.53. The maximum Gasteiger partial charge on any atom is 0.259 e. The lowest BCUT2D eigenvalue weighted by Crippen LogP contribution is -2.29. The van der Waals surface area contributed by atoms with Gasteiger partial charge in [-0.2, -0.15) is 0 Å². The van der Waals surface area contributed by atoms with Crippen molar-refractivity contribution < 1.29 is 4.79 Å². The van der Waals surface area contributed by atoms with Gasteiger partial charge in [-0.25, -0.2) is 4.98 Å². The van der Waals surface area contributed by atoms with E-state index in [9.17, 15) is 9.59 Å². The number of H-pyrrole nitrogens is 1. The molecule has 1 unspecified atom stereocenters. The molecule has 0 aliphatic rings. The minimum Gasteiger partial charge on any atom is -0.344 e. The molecule has 6 nitrogen and oxygen atoms in total. The van der Waals surface area contributed by atoms with Crippen LogP contribution in [0.3, 0.4) is 0 Å². The van der Waals surface area contributed by atoms with E-state index in [1.165, 1.54) is 11.3 Å². The second-order valence-electron chi connectivity index (χ2n) is 8.00. The largest absolute Gasteiger partial charge is 0.344 e. The first kappa shape index (κ1) is 21.9. The third-order valence-electron chi connectivity index (χ3n) is 5.61. The molecule has 1 amide bonds. The van der Waals surface area contributed by atoms with Gasteiger partial charge in [-0.1, -0.05) is 35.9 Å². The molecule has 0 saturated carbocycles. The molecule has 1 aromatic carbocycles. The van der Waals surface area contributed by atoms with Crippen molar-refractivity contribution in [3.8, 4) is 0 Å². The van der Waals surface area contributed by atoms with Crippen molar-refractivity contribution in [1.29, 1.82) is 0 Å². The van der Waals surface area contributed by atoms with Crippen LogP contribution in [0.4, 0.5) is 0 Å². The van der Waals surface area contributed by atoms with Gasteiger partial charge >= 0.3 is 0 Å². The first-order chi connectivity index (χ1) is 15.4. The molecule has 0 radical (unpaired) electrons. The predicted molar refractivity (Wildman–Crippen MR) is 128 cm³/mol. The van der Waals surface area contributed by atoms with Crippen LogP contribution in [0.15, 0.2) is 53.5 Å². The number of hydrogen-bond acceptors (Lipinski definition) is 5. The fourth-order valence-corrected chi connectivity index (χ4v) is 4.75. The SMILES string of the molecule is Cc1ccc(C(NC(=O)CCCc2nc3sc(C)c(C)c3c(=O)[nH]2)c2ccccn2)cc1. The lowest BCUT2D eigenvalue weighted by molar-refractivity contribution is -0.121. The van der Waals surface area contributed by atoms with Gasteiger partial charge in [0.25, 0.3) is 5.56 Å². The highest BCUT2D eigenvalue weighted by molar-refractivity contribution is 7.18. The molecule has 1 atom stereocenters. The zero-order valence-corrected chi connectivity index (χ0v) is 19.3. The number of fused-ring (bicyclic) bond motifs is 1. The molecule has 3 aromatic heterocycles. The molecule has 3 heterocycles. The Balaban J connectivity index is 1.43. The number of carbonyl (C=O) groups is 1. The Bertz CT molecular complexity index is 1290. The van der Waals surface area contributed by atoms with Crippen molar-refractivity contribution in [3.63, 3.8) is 0 Å². The number of aromatic amines is 1. The zero-order valence-electron chi connectivity index (χ0n) is 18.4. The first-order valence-electron chi connectivity index (χ1n) is 10.7. The summed E-state index contributed by atoms with van der Waals surface area (Å²) >= 11 is 1.53. The summed E-state index contributed by atoms with van der Waals surface area (Å²) in [7, 11) is 0. The van der Waals surface area contributed by atoms with Gasteiger partial charge in [0, 0.05) is 23.9 Å². The Morgan fingerprint density at radius 2 is 1.91 bits per heavy atom. The summed E-state index contributed by atoms with van der Waals surface area (Å²) in [6, 6.07) is 13.5. The third kappa shape index (κ3) is 4.78. The number of rotatable bonds is 7. The van der Waals surface area contributed by atoms with Gasteiger partial charge in [0.1, 0.15) is 10.7 Å². The average molecular weight is 447 g/mol. The normalized spacial score (nSPS) is 12.1. The molecule has 0 saturated heterocycles. The number of amides is 1. The van der Waals surface area contributed by atoms with Gasteiger partial charge < -0.3 is 10.3 Å². The quantitative estimate of drug-likeness (QED) is 0.436. The Morgan fingerprint density at radius 1 is 1.12 bits per heavy atom. The molecule has 0 aliphatic carbocycles. The Kier molecular flexibility index (Phi) is 6.46. The van der Waals surface area contributed by atoms with E-state index in [2.05, 4.69) is 20.3 Å². The van der Waals surface area contributed by atoms with Gasteiger partial charge in [0.15, 0.2) is 0 Å². The maximum atomic E-state index is 12.8. The van der Waals surface area contributed by atoms with Crippen LogP contribution in [0.1, 0.15) is 52.0 Å². The van der Waals surface area contributed by atoms with Crippen LogP contribution in [0.2, 0.25) is 0 Å². The van der Waals surface area contributed by atoms with Crippen molar-refractivity contribution in [3.05, 3.63) is 92.1 Å². The lowest BCUT2D eigenvalue weighted by Gasteiger charge is -2.19. The maximum absolute atomic E-state index is 12.8. The number of nitrogens with zero attached hydrogens (tertiary/aromatic N) is 2. The zero-order chi connectivity index (χ0) is 22.7. The van der Waals surface area contributed by atoms with Gasteiger partial charge in [0.05, 0.1) is 17.1 Å². The molecule has 164 valence electrons. The second kappa shape index (κ2) is 9.44. The number of benzene rings is 1. The van der Waals surface area contributed by atoms with E-state index in [0.29, 0.717) is 30.5 Å². The number of hydrogen-bond donors (Lipinski definition) is 2. The molecule has 0 spiro atoms. The van der Waals surface area contributed by atoms with Crippen LogP contribution in [0, 0.1) is 20.8 Å². The number of pyridine rings is 1. The van der Waals surface area contributed by atoms with Crippen LogP contribution >= 0.6 is 11.3 Å². The van der Waals surface area contributed by atoms with Crippen LogP contribution in [-0.4, -0.2) is 20.9 Å². The van der Waals surface area contributed by atoms with Crippen molar-refractivity contribution >= 4 is 27.5 Å². The van der Waals surface area contributed by atoms with Crippen molar-refractivity contribution in [2.45, 2.75) is 46.1 Å². The summed E-state index contributed by atoms with van der Waals surface area (Å²) in [6.45, 7) is 5.98. The van der Waals surface area contributed by atoms with Crippen LogP contribution in [0.5, 0.6) is 0 Å². The standard InChI is InChI=1S/C25H26N4O2S/c1-15-10-12-18(13-11-15)23(19-7-4-5-14-26-19)29-21(30)9-6-8-20-27-24(31)22-16(2)17(3)32-25(22)28-20/h4-5,7,10-14,23H,6,8-9H2,1-3H3,(H,29,30)(H,27,28,31). The molecule has 7 heteroatoms. The van der Waals surface area contributed by atoms with Gasteiger partial charge in [-0.05, 0) is 50.5 Å². The number of nitrogens with one attached hydrogen (secondary N) is 2. The molecular formula is C25H26N4O2S. The molecule has 2 N–H and O–H groups in total. The topological polar surface area (TPSA) is 87.7 Å². The van der Waals surface area contributed by atoms with Gasteiger partial charge in [0.2, 0.25) is 5.91 Å². The summed E-state index contributed by atoms with van der Waals surface area (Å²) in [4.78, 5) is 39.0. The van der Waals surface area contributed by atoms with E-state index < -0.39 is 0 Å². The number of aromatic nitrogens is 3. The second-order valence-corrected chi connectivity index (χ2v) is 9.20. The average Bonchev–Trinajstić information content (AvgIpc) is 3.07. The fourth-order valence-electron chi connectivity index (χ4n) is 3.70. The van der Waals surface area contributed by atoms with E-state index in [1.807, 2.05) is 63.2 Å². The smallest absolute Gasteiger partial charge is 0.259 e. The monoisotopic (exact) mass is 446 g/mol. The minimum atomic E-state index is -0.310. The Hall–Kier alpha value is -3.32. The number of thiophene rings is 1. The van der Waals surface area contributed by atoms with Crippen LogP contribution in [0.25, 0.3) is 10.2 Å². The highest BCUT2D eigenvalue weighted by Gasteiger charge is 2.18. The third-order valence-corrected chi connectivity index (χ3v) is 6.71. The number of carbonyl (C=O) groups excluding carboxylic acids is 1. The Labute approximate surface area is 190 Å². The van der Waals surface area contributed by atoms with E-state index in [1.54, 1.807) is 6.20 Å². The van der Waals surface area contributed by atoms with Gasteiger partial charge in [-0.15, -0.1) is 11.3 Å². The van der Waals surface area contributed by atoms with Gasteiger partial charge in [-0.3, -0.25) is 14.6 Å². The summed E-state index contributed by atoms with van der Waals surface area (Å²) < 4.78 is 0. The highest BCUT2D eigenvalue weighted by atomic mass is 32.1. The van der Waals surface area contributed by atoms with E-state index in [-0.39, 0.29) is 17.5 Å². The van der Waals surface area contributed by atoms with E-state index in [4.69, 9.17) is 0 Å². The van der Waals surface area contributed by atoms with Crippen molar-refractivity contribution in [2.75, 3.05) is 0 Å². The molecule has 32 heavy (non-hydrogen) atoms. The number of aryl methyl sites for hydroxylation is 4. The summed E-state index contributed by atoms with van der Waals surface area (Å²) in [5.74, 6) is 0.559. The summed E-state index contributed by atoms with van der Waals surface area (Å²) in [5.41, 5.74) is 3.83. The highest BCUT2D eigenvalue weighted by Crippen LogP contribution is 2.26. The molecule has 0 fully saturated rings. The molecule has 0 aliphatic heterocycles. The first-order valence-corrected chi connectivity index (χ1v) is 11.5.